The molecule has 0 saturated carbocycles. The highest BCUT2D eigenvalue weighted by Gasteiger charge is 2.22. The number of hydrogen-bond donors (Lipinski definition) is 2. The SMILES string of the molecule is CCC(CC)C(O)CNC1Cc2ccccc2C1. The van der Waals surface area contributed by atoms with Gasteiger partial charge >= 0.3 is 0 Å². The average molecular weight is 247 g/mol. The van der Waals surface area contributed by atoms with Gasteiger partial charge in [0.15, 0.2) is 0 Å². The number of benzene rings is 1. The van der Waals surface area contributed by atoms with E-state index in [1.54, 1.807) is 0 Å². The Morgan fingerprint density at radius 1 is 1.17 bits per heavy atom. The molecule has 0 fully saturated rings. The summed E-state index contributed by atoms with van der Waals surface area (Å²) in [6.07, 6.45) is 4.12. The molecule has 2 N–H and O–H groups in total. The first kappa shape index (κ1) is 13.6. The number of fused-ring (bicyclic) bond motifs is 1. The monoisotopic (exact) mass is 247 g/mol. The molecule has 0 heterocycles. The number of aliphatic hydroxyl groups is 1. The molecule has 0 aliphatic heterocycles. The summed E-state index contributed by atoms with van der Waals surface area (Å²) in [6, 6.07) is 9.16. The Bertz CT molecular complexity index is 348. The van der Waals surface area contributed by atoms with Gasteiger partial charge in [0.25, 0.3) is 0 Å². The highest BCUT2D eigenvalue weighted by atomic mass is 16.3. The maximum Gasteiger partial charge on any atom is 0.0692 e. The van der Waals surface area contributed by atoms with Crippen LogP contribution < -0.4 is 5.32 Å². The van der Waals surface area contributed by atoms with Crippen molar-refractivity contribution in [3.8, 4) is 0 Å². The molecule has 1 aromatic carbocycles. The third-order valence-electron chi connectivity index (χ3n) is 4.26. The summed E-state index contributed by atoms with van der Waals surface area (Å²) in [5, 5.41) is 13.7. The zero-order chi connectivity index (χ0) is 13.0. The van der Waals surface area contributed by atoms with Crippen LogP contribution in [0.2, 0.25) is 0 Å². The Balaban J connectivity index is 1.80. The van der Waals surface area contributed by atoms with E-state index in [0.29, 0.717) is 12.0 Å². The van der Waals surface area contributed by atoms with Crippen molar-refractivity contribution in [1.82, 2.24) is 5.32 Å². The van der Waals surface area contributed by atoms with Crippen LogP contribution in [-0.2, 0) is 12.8 Å². The van der Waals surface area contributed by atoms with Gasteiger partial charge in [0.05, 0.1) is 6.10 Å². The third-order valence-corrected chi connectivity index (χ3v) is 4.26. The van der Waals surface area contributed by atoms with Crippen molar-refractivity contribution < 1.29 is 5.11 Å². The van der Waals surface area contributed by atoms with Gasteiger partial charge in [-0.15, -0.1) is 0 Å². The number of nitrogens with one attached hydrogen (secondary N) is 1. The fourth-order valence-corrected chi connectivity index (χ4v) is 2.99. The number of rotatable bonds is 6. The van der Waals surface area contributed by atoms with Gasteiger partial charge in [0.1, 0.15) is 0 Å². The van der Waals surface area contributed by atoms with Gasteiger partial charge < -0.3 is 10.4 Å². The molecule has 1 aliphatic rings. The predicted molar refractivity (Wildman–Crippen MR) is 75.7 cm³/mol. The van der Waals surface area contributed by atoms with Crippen molar-refractivity contribution in [3.05, 3.63) is 35.4 Å². The minimum Gasteiger partial charge on any atom is -0.392 e. The third kappa shape index (κ3) is 3.12. The largest absolute Gasteiger partial charge is 0.392 e. The second-order valence-corrected chi connectivity index (χ2v) is 5.43. The molecule has 2 rings (SSSR count). The average Bonchev–Trinajstić information content (AvgIpc) is 2.80. The maximum absolute atomic E-state index is 10.1. The molecule has 0 bridgehead atoms. The molecule has 0 spiro atoms. The molecule has 2 nitrogen and oxygen atoms in total. The van der Waals surface area contributed by atoms with Gasteiger partial charge in [0, 0.05) is 12.6 Å². The van der Waals surface area contributed by atoms with Crippen molar-refractivity contribution in [1.29, 1.82) is 0 Å². The summed E-state index contributed by atoms with van der Waals surface area (Å²) in [6.45, 7) is 5.04. The van der Waals surface area contributed by atoms with E-state index < -0.39 is 0 Å². The Hall–Kier alpha value is -0.860. The Labute approximate surface area is 110 Å². The Kier molecular flexibility index (Phi) is 4.79. The number of hydrogen-bond acceptors (Lipinski definition) is 2. The molecule has 1 atom stereocenters. The van der Waals surface area contributed by atoms with Crippen molar-refractivity contribution in [2.45, 2.75) is 51.7 Å². The van der Waals surface area contributed by atoms with Crippen LogP contribution in [0.5, 0.6) is 0 Å². The summed E-state index contributed by atoms with van der Waals surface area (Å²) in [5.41, 5.74) is 2.93. The zero-order valence-corrected chi connectivity index (χ0v) is 11.5. The van der Waals surface area contributed by atoms with Crippen LogP contribution in [0.25, 0.3) is 0 Å². The van der Waals surface area contributed by atoms with Crippen molar-refractivity contribution in [2.24, 2.45) is 5.92 Å². The zero-order valence-electron chi connectivity index (χ0n) is 11.5. The molecule has 1 aliphatic carbocycles. The lowest BCUT2D eigenvalue weighted by atomic mass is 9.96. The molecule has 0 aromatic heterocycles. The molecular weight excluding hydrogens is 222 g/mol. The van der Waals surface area contributed by atoms with Crippen LogP contribution in [0, 0.1) is 5.92 Å². The first-order valence-corrected chi connectivity index (χ1v) is 7.22. The van der Waals surface area contributed by atoms with Gasteiger partial charge in [-0.2, -0.15) is 0 Å². The molecular formula is C16H25NO. The lowest BCUT2D eigenvalue weighted by Crippen LogP contribution is -2.39. The topological polar surface area (TPSA) is 32.3 Å². The lowest BCUT2D eigenvalue weighted by Gasteiger charge is -2.22. The smallest absolute Gasteiger partial charge is 0.0692 e. The van der Waals surface area contributed by atoms with Crippen molar-refractivity contribution in [2.75, 3.05) is 6.54 Å². The first-order chi connectivity index (χ1) is 8.74. The normalized spacial score (nSPS) is 17.1. The minimum absolute atomic E-state index is 0.205. The van der Waals surface area contributed by atoms with E-state index in [9.17, 15) is 5.11 Å². The van der Waals surface area contributed by atoms with E-state index in [1.165, 1.54) is 11.1 Å². The van der Waals surface area contributed by atoms with Crippen molar-refractivity contribution >= 4 is 0 Å². The van der Waals surface area contributed by atoms with Crippen LogP contribution in [0.15, 0.2) is 24.3 Å². The maximum atomic E-state index is 10.1. The highest BCUT2D eigenvalue weighted by Crippen LogP contribution is 2.22. The second kappa shape index (κ2) is 6.35. The fourth-order valence-electron chi connectivity index (χ4n) is 2.99. The molecule has 100 valence electrons. The van der Waals surface area contributed by atoms with Gasteiger partial charge in [-0.1, -0.05) is 51.0 Å². The van der Waals surface area contributed by atoms with E-state index in [0.717, 1.165) is 32.2 Å². The standard InChI is InChI=1S/C16H25NO/c1-3-12(4-2)16(18)11-17-15-9-13-7-5-6-8-14(13)10-15/h5-8,12,15-18H,3-4,9-11H2,1-2H3. The quantitative estimate of drug-likeness (QED) is 0.809. The predicted octanol–water partition coefficient (Wildman–Crippen LogP) is 2.54. The van der Waals surface area contributed by atoms with Crippen LogP contribution in [0.1, 0.15) is 37.8 Å². The summed E-state index contributed by atoms with van der Waals surface area (Å²) in [4.78, 5) is 0. The molecule has 1 aromatic rings. The van der Waals surface area contributed by atoms with Crippen molar-refractivity contribution in [3.63, 3.8) is 0 Å². The lowest BCUT2D eigenvalue weighted by molar-refractivity contribution is 0.0986. The van der Waals surface area contributed by atoms with E-state index in [2.05, 4.69) is 43.4 Å². The van der Waals surface area contributed by atoms with Crippen LogP contribution >= 0.6 is 0 Å². The molecule has 0 amide bonds. The van der Waals surface area contributed by atoms with Gasteiger partial charge in [-0.05, 0) is 29.9 Å². The highest BCUT2D eigenvalue weighted by molar-refractivity contribution is 5.33. The summed E-state index contributed by atoms with van der Waals surface area (Å²) in [7, 11) is 0. The second-order valence-electron chi connectivity index (χ2n) is 5.43. The summed E-state index contributed by atoms with van der Waals surface area (Å²) < 4.78 is 0. The summed E-state index contributed by atoms with van der Waals surface area (Å²) >= 11 is 0. The van der Waals surface area contributed by atoms with Crippen LogP contribution in [0.3, 0.4) is 0 Å². The Morgan fingerprint density at radius 2 is 1.72 bits per heavy atom. The van der Waals surface area contributed by atoms with Crippen LogP contribution in [0.4, 0.5) is 0 Å². The van der Waals surface area contributed by atoms with E-state index in [-0.39, 0.29) is 6.10 Å². The molecule has 1 unspecified atom stereocenters. The van der Waals surface area contributed by atoms with Gasteiger partial charge in [0.2, 0.25) is 0 Å². The van der Waals surface area contributed by atoms with Crippen LogP contribution in [-0.4, -0.2) is 23.8 Å². The molecule has 0 radical (unpaired) electrons. The summed E-state index contributed by atoms with van der Waals surface area (Å²) in [5.74, 6) is 0.432. The molecule has 2 heteroatoms. The Morgan fingerprint density at radius 3 is 2.22 bits per heavy atom. The first-order valence-electron chi connectivity index (χ1n) is 7.22. The van der Waals surface area contributed by atoms with E-state index in [4.69, 9.17) is 0 Å². The van der Waals surface area contributed by atoms with E-state index >= 15 is 0 Å². The fraction of sp³-hybridized carbons (Fsp3) is 0.625. The number of aliphatic hydroxyl groups excluding tert-OH is 1. The van der Waals surface area contributed by atoms with E-state index in [1.807, 2.05) is 0 Å². The molecule has 18 heavy (non-hydrogen) atoms. The van der Waals surface area contributed by atoms with Gasteiger partial charge in [-0.25, -0.2) is 0 Å². The molecule has 0 saturated heterocycles. The van der Waals surface area contributed by atoms with Gasteiger partial charge in [-0.3, -0.25) is 0 Å². The minimum atomic E-state index is -0.205.